The lowest BCUT2D eigenvalue weighted by atomic mass is 10.1. The van der Waals surface area contributed by atoms with E-state index >= 15 is 0 Å². The van der Waals surface area contributed by atoms with Gasteiger partial charge in [-0.25, -0.2) is 4.98 Å². The summed E-state index contributed by atoms with van der Waals surface area (Å²) in [6.07, 6.45) is 5.20. The summed E-state index contributed by atoms with van der Waals surface area (Å²) in [6.45, 7) is 6.11. The van der Waals surface area contributed by atoms with Crippen molar-refractivity contribution in [2.24, 2.45) is 0 Å². The molecule has 7 nitrogen and oxygen atoms in total. The van der Waals surface area contributed by atoms with Crippen LogP contribution in [0.15, 0.2) is 54.1 Å². The second kappa shape index (κ2) is 8.76. The summed E-state index contributed by atoms with van der Waals surface area (Å²) in [6, 6.07) is 10.0. The maximum Gasteiger partial charge on any atom is 0.236 e. The maximum atomic E-state index is 12.4. The summed E-state index contributed by atoms with van der Waals surface area (Å²) >= 11 is 2.79. The summed E-state index contributed by atoms with van der Waals surface area (Å²) in [5.74, 6) is 0.784. The molecule has 0 aliphatic rings. The van der Waals surface area contributed by atoms with Crippen LogP contribution in [0, 0.1) is 20.8 Å². The lowest BCUT2D eigenvalue weighted by molar-refractivity contribution is -0.113. The van der Waals surface area contributed by atoms with E-state index in [2.05, 4.69) is 51.5 Å². The quantitative estimate of drug-likeness (QED) is 0.450. The molecule has 1 aromatic carbocycles. The molecule has 0 unspecified atom stereocenters. The van der Waals surface area contributed by atoms with Crippen LogP contribution in [0.2, 0.25) is 0 Å². The average molecular weight is 437 g/mol. The molecule has 1 N–H and O–H groups in total. The van der Waals surface area contributed by atoms with Gasteiger partial charge in [0.15, 0.2) is 16.1 Å². The summed E-state index contributed by atoms with van der Waals surface area (Å²) < 4.78 is 1.98. The van der Waals surface area contributed by atoms with E-state index in [-0.39, 0.29) is 11.7 Å². The Morgan fingerprint density at radius 3 is 2.60 bits per heavy atom. The number of amides is 1. The van der Waals surface area contributed by atoms with Crippen molar-refractivity contribution in [1.29, 1.82) is 0 Å². The third kappa shape index (κ3) is 4.42. The molecule has 0 fully saturated rings. The highest BCUT2D eigenvalue weighted by Crippen LogP contribution is 2.29. The average Bonchev–Trinajstić information content (AvgIpc) is 3.35. The van der Waals surface area contributed by atoms with E-state index in [1.165, 1.54) is 34.2 Å². The number of benzene rings is 1. The Balaban J connectivity index is 1.63. The molecule has 0 saturated heterocycles. The standard InChI is InChI=1S/C21H20N6OS2/c1-13-4-5-17(10-14(13)2)27-19(16-6-8-22-9-7-16)25-26-21(27)29-12-18(28)24-20-23-11-15(3)30-20/h4-11H,12H2,1-3H3,(H,23,24,28). The van der Waals surface area contributed by atoms with Crippen LogP contribution >= 0.6 is 23.1 Å². The van der Waals surface area contributed by atoms with Crippen LogP contribution in [0.25, 0.3) is 17.1 Å². The molecule has 152 valence electrons. The van der Waals surface area contributed by atoms with Gasteiger partial charge in [0, 0.05) is 29.0 Å². The van der Waals surface area contributed by atoms with E-state index in [1.807, 2.05) is 29.7 Å². The lowest BCUT2D eigenvalue weighted by Gasteiger charge is -2.12. The van der Waals surface area contributed by atoms with Gasteiger partial charge in [0.1, 0.15) is 0 Å². The fourth-order valence-electron chi connectivity index (χ4n) is 2.85. The van der Waals surface area contributed by atoms with Crippen LogP contribution in [-0.2, 0) is 4.79 Å². The van der Waals surface area contributed by atoms with Crippen LogP contribution in [0.5, 0.6) is 0 Å². The van der Waals surface area contributed by atoms with Crippen molar-refractivity contribution in [3.05, 3.63) is 64.9 Å². The van der Waals surface area contributed by atoms with Crippen molar-refractivity contribution < 1.29 is 4.79 Å². The van der Waals surface area contributed by atoms with Crippen molar-refractivity contribution in [2.45, 2.75) is 25.9 Å². The molecule has 0 spiro atoms. The molecule has 0 aliphatic carbocycles. The van der Waals surface area contributed by atoms with Crippen molar-refractivity contribution >= 4 is 34.1 Å². The first-order valence-electron chi connectivity index (χ1n) is 9.30. The second-order valence-corrected chi connectivity index (χ2v) is 8.94. The molecular weight excluding hydrogens is 416 g/mol. The Kier molecular flexibility index (Phi) is 5.91. The number of carbonyl (C=O) groups excluding carboxylic acids is 1. The zero-order valence-corrected chi connectivity index (χ0v) is 18.4. The first-order chi connectivity index (χ1) is 14.5. The van der Waals surface area contributed by atoms with E-state index in [0.29, 0.717) is 16.1 Å². The highest BCUT2D eigenvalue weighted by atomic mass is 32.2. The van der Waals surface area contributed by atoms with Gasteiger partial charge in [-0.15, -0.1) is 21.5 Å². The third-order valence-electron chi connectivity index (χ3n) is 4.52. The molecule has 0 bridgehead atoms. The van der Waals surface area contributed by atoms with Gasteiger partial charge in [-0.3, -0.25) is 14.3 Å². The molecule has 3 aromatic heterocycles. The Morgan fingerprint density at radius 1 is 1.10 bits per heavy atom. The topological polar surface area (TPSA) is 85.6 Å². The number of nitrogens with one attached hydrogen (secondary N) is 1. The number of nitrogens with zero attached hydrogens (tertiary/aromatic N) is 5. The van der Waals surface area contributed by atoms with E-state index in [1.54, 1.807) is 18.6 Å². The summed E-state index contributed by atoms with van der Waals surface area (Å²) in [5.41, 5.74) is 4.25. The van der Waals surface area contributed by atoms with Gasteiger partial charge >= 0.3 is 0 Å². The Bertz CT molecular complexity index is 1190. The molecule has 0 aliphatic heterocycles. The first kappa shape index (κ1) is 20.2. The van der Waals surface area contributed by atoms with Crippen molar-refractivity contribution in [3.63, 3.8) is 0 Å². The van der Waals surface area contributed by atoms with Crippen molar-refractivity contribution in [1.82, 2.24) is 24.7 Å². The largest absolute Gasteiger partial charge is 0.301 e. The summed E-state index contributed by atoms with van der Waals surface area (Å²) in [7, 11) is 0. The number of hydrogen-bond acceptors (Lipinski definition) is 7. The van der Waals surface area contributed by atoms with E-state index in [4.69, 9.17) is 0 Å². The lowest BCUT2D eigenvalue weighted by Crippen LogP contribution is -2.14. The van der Waals surface area contributed by atoms with Crippen LogP contribution in [0.3, 0.4) is 0 Å². The zero-order chi connectivity index (χ0) is 21.1. The minimum atomic E-state index is -0.130. The van der Waals surface area contributed by atoms with Crippen LogP contribution in [0.1, 0.15) is 16.0 Å². The second-order valence-electron chi connectivity index (χ2n) is 6.76. The Hall–Kier alpha value is -3.04. The summed E-state index contributed by atoms with van der Waals surface area (Å²) in [5, 5.41) is 12.8. The minimum absolute atomic E-state index is 0.130. The van der Waals surface area contributed by atoms with Crippen LogP contribution in [0.4, 0.5) is 5.13 Å². The molecule has 0 saturated carbocycles. The monoisotopic (exact) mass is 436 g/mol. The number of rotatable bonds is 6. The van der Waals surface area contributed by atoms with E-state index in [9.17, 15) is 4.79 Å². The maximum absolute atomic E-state index is 12.4. The number of thioether (sulfide) groups is 1. The number of thiazole rings is 1. The minimum Gasteiger partial charge on any atom is -0.301 e. The number of aromatic nitrogens is 5. The molecular formula is C21H20N6OS2. The fourth-order valence-corrected chi connectivity index (χ4v) is 4.28. The Morgan fingerprint density at radius 2 is 1.90 bits per heavy atom. The third-order valence-corrected chi connectivity index (χ3v) is 6.28. The normalized spacial score (nSPS) is 10.9. The van der Waals surface area contributed by atoms with Gasteiger partial charge < -0.3 is 5.32 Å². The number of hydrogen-bond donors (Lipinski definition) is 1. The highest BCUT2D eigenvalue weighted by Gasteiger charge is 2.18. The molecule has 0 atom stereocenters. The molecule has 9 heteroatoms. The number of aryl methyl sites for hydroxylation is 3. The number of anilines is 1. The van der Waals surface area contributed by atoms with Gasteiger partial charge in [0.05, 0.1) is 11.4 Å². The fraction of sp³-hybridized carbons (Fsp3) is 0.190. The smallest absolute Gasteiger partial charge is 0.236 e. The molecule has 0 radical (unpaired) electrons. The predicted molar refractivity (Wildman–Crippen MR) is 120 cm³/mol. The van der Waals surface area contributed by atoms with Gasteiger partial charge in [-0.2, -0.15) is 0 Å². The Labute approximate surface area is 182 Å². The van der Waals surface area contributed by atoms with Gasteiger partial charge in [-0.1, -0.05) is 17.8 Å². The molecule has 4 aromatic rings. The summed E-state index contributed by atoms with van der Waals surface area (Å²) in [4.78, 5) is 21.7. The van der Waals surface area contributed by atoms with E-state index < -0.39 is 0 Å². The SMILES string of the molecule is Cc1cnc(NC(=O)CSc2nnc(-c3ccncc3)n2-c2ccc(C)c(C)c2)s1. The van der Waals surface area contributed by atoms with Crippen LogP contribution < -0.4 is 5.32 Å². The molecule has 4 rings (SSSR count). The predicted octanol–water partition coefficient (Wildman–Crippen LogP) is 4.44. The molecule has 30 heavy (non-hydrogen) atoms. The van der Waals surface area contributed by atoms with Crippen molar-refractivity contribution in [3.8, 4) is 17.1 Å². The highest BCUT2D eigenvalue weighted by molar-refractivity contribution is 7.99. The number of carbonyl (C=O) groups is 1. The van der Waals surface area contributed by atoms with Gasteiger partial charge in [0.2, 0.25) is 5.91 Å². The van der Waals surface area contributed by atoms with E-state index in [0.717, 1.165) is 16.1 Å². The van der Waals surface area contributed by atoms with Gasteiger partial charge in [0.25, 0.3) is 0 Å². The van der Waals surface area contributed by atoms with Crippen molar-refractivity contribution in [2.75, 3.05) is 11.1 Å². The number of pyridine rings is 1. The molecule has 1 amide bonds. The first-order valence-corrected chi connectivity index (χ1v) is 11.1. The molecule has 3 heterocycles. The van der Waals surface area contributed by atoms with Crippen LogP contribution in [-0.4, -0.2) is 36.4 Å². The van der Waals surface area contributed by atoms with Gasteiger partial charge in [-0.05, 0) is 56.2 Å². The zero-order valence-electron chi connectivity index (χ0n) is 16.8.